The van der Waals surface area contributed by atoms with Crippen LogP contribution < -0.4 is 10.5 Å². The Morgan fingerprint density at radius 1 is 0.944 bits per heavy atom. The maximum Gasteiger partial charge on any atom is 0.134 e. The van der Waals surface area contributed by atoms with Crippen LogP contribution in [0.3, 0.4) is 0 Å². The van der Waals surface area contributed by atoms with E-state index in [1.165, 1.54) is 0 Å². The number of anilines is 1. The smallest absolute Gasteiger partial charge is 0.134 e. The molecule has 0 saturated heterocycles. The lowest BCUT2D eigenvalue weighted by molar-refractivity contribution is 0.304. The van der Waals surface area contributed by atoms with Gasteiger partial charge in [-0.2, -0.15) is 0 Å². The van der Waals surface area contributed by atoms with E-state index < -0.39 is 0 Å². The minimum atomic E-state index is 0.476. The SMILES string of the molecule is Nc1cc(Br)cc(COc2ccc(Br)cc2Br)c1. The van der Waals surface area contributed by atoms with Gasteiger partial charge in [-0.15, -0.1) is 0 Å². The topological polar surface area (TPSA) is 35.2 Å². The molecule has 2 rings (SSSR count). The maximum atomic E-state index is 5.78. The highest BCUT2D eigenvalue weighted by Gasteiger charge is 2.03. The van der Waals surface area contributed by atoms with Gasteiger partial charge in [0.05, 0.1) is 4.47 Å². The van der Waals surface area contributed by atoms with Crippen molar-refractivity contribution in [2.75, 3.05) is 5.73 Å². The fraction of sp³-hybridized carbons (Fsp3) is 0.0769. The standard InChI is InChI=1S/C13H10Br3NO/c14-9-1-2-13(12(16)6-9)18-7-8-3-10(15)5-11(17)4-8/h1-6H,7,17H2. The quantitative estimate of drug-likeness (QED) is 0.678. The molecule has 0 radical (unpaired) electrons. The number of nitrogen functional groups attached to an aromatic ring is 1. The van der Waals surface area contributed by atoms with Crippen LogP contribution in [0.4, 0.5) is 5.69 Å². The van der Waals surface area contributed by atoms with Crippen LogP contribution in [0.25, 0.3) is 0 Å². The van der Waals surface area contributed by atoms with Gasteiger partial charge >= 0.3 is 0 Å². The van der Waals surface area contributed by atoms with Crippen molar-refractivity contribution in [1.82, 2.24) is 0 Å². The summed E-state index contributed by atoms with van der Waals surface area (Å²) in [7, 11) is 0. The van der Waals surface area contributed by atoms with Crippen LogP contribution in [-0.4, -0.2) is 0 Å². The number of ether oxygens (including phenoxy) is 1. The largest absolute Gasteiger partial charge is 0.488 e. The van der Waals surface area contributed by atoms with Gasteiger partial charge in [-0.25, -0.2) is 0 Å². The van der Waals surface area contributed by atoms with Gasteiger partial charge in [0.25, 0.3) is 0 Å². The summed E-state index contributed by atoms with van der Waals surface area (Å²) in [5.41, 5.74) is 7.52. The zero-order valence-corrected chi connectivity index (χ0v) is 14.0. The summed E-state index contributed by atoms with van der Waals surface area (Å²) in [6.45, 7) is 0.476. The third-order valence-electron chi connectivity index (χ3n) is 2.27. The first kappa shape index (κ1) is 13.9. The zero-order valence-electron chi connectivity index (χ0n) is 9.29. The van der Waals surface area contributed by atoms with Crippen molar-refractivity contribution in [3.05, 3.63) is 55.4 Å². The highest BCUT2D eigenvalue weighted by atomic mass is 79.9. The van der Waals surface area contributed by atoms with Crippen molar-refractivity contribution in [3.63, 3.8) is 0 Å². The molecule has 94 valence electrons. The third-order valence-corrected chi connectivity index (χ3v) is 3.84. The molecular formula is C13H10Br3NO. The molecule has 2 aromatic rings. The summed E-state index contributed by atoms with van der Waals surface area (Å²) in [4.78, 5) is 0. The normalized spacial score (nSPS) is 10.4. The number of hydrogen-bond acceptors (Lipinski definition) is 2. The van der Waals surface area contributed by atoms with E-state index in [-0.39, 0.29) is 0 Å². The summed E-state index contributed by atoms with van der Waals surface area (Å²) in [5.74, 6) is 0.803. The summed E-state index contributed by atoms with van der Waals surface area (Å²) in [6.07, 6.45) is 0. The van der Waals surface area contributed by atoms with Crippen molar-refractivity contribution in [3.8, 4) is 5.75 Å². The molecule has 0 aliphatic carbocycles. The van der Waals surface area contributed by atoms with E-state index in [4.69, 9.17) is 10.5 Å². The van der Waals surface area contributed by atoms with Gasteiger partial charge < -0.3 is 10.5 Å². The summed E-state index contributed by atoms with van der Waals surface area (Å²) >= 11 is 10.3. The number of rotatable bonds is 3. The Morgan fingerprint density at radius 3 is 2.39 bits per heavy atom. The Labute approximate surface area is 131 Å². The molecule has 0 aromatic heterocycles. The minimum absolute atomic E-state index is 0.476. The molecule has 2 N–H and O–H groups in total. The predicted octanol–water partition coefficient (Wildman–Crippen LogP) is 5.14. The van der Waals surface area contributed by atoms with E-state index in [0.717, 1.165) is 30.4 Å². The molecule has 0 aliphatic rings. The van der Waals surface area contributed by atoms with E-state index in [9.17, 15) is 0 Å². The molecule has 0 fully saturated rings. The molecule has 18 heavy (non-hydrogen) atoms. The average Bonchev–Trinajstić information content (AvgIpc) is 2.26. The Hall–Kier alpha value is -0.520. The van der Waals surface area contributed by atoms with Crippen LogP contribution in [0.5, 0.6) is 5.75 Å². The molecular weight excluding hydrogens is 426 g/mol. The first-order chi connectivity index (χ1) is 8.54. The van der Waals surface area contributed by atoms with Gasteiger partial charge in [-0.05, 0) is 57.9 Å². The molecule has 2 aromatic carbocycles. The Bertz CT molecular complexity index is 552. The van der Waals surface area contributed by atoms with Gasteiger partial charge in [0.1, 0.15) is 12.4 Å². The second-order valence-corrected chi connectivity index (χ2v) is 6.44. The number of benzene rings is 2. The van der Waals surface area contributed by atoms with Crippen LogP contribution in [0, 0.1) is 0 Å². The Morgan fingerprint density at radius 2 is 1.72 bits per heavy atom. The molecule has 0 unspecified atom stereocenters. The monoisotopic (exact) mass is 433 g/mol. The second kappa shape index (κ2) is 6.08. The van der Waals surface area contributed by atoms with Crippen molar-refractivity contribution in [2.24, 2.45) is 0 Å². The minimum Gasteiger partial charge on any atom is -0.488 e. The van der Waals surface area contributed by atoms with Crippen molar-refractivity contribution in [1.29, 1.82) is 0 Å². The number of halogens is 3. The van der Waals surface area contributed by atoms with Gasteiger partial charge in [0.15, 0.2) is 0 Å². The fourth-order valence-electron chi connectivity index (χ4n) is 1.51. The third kappa shape index (κ3) is 3.73. The lowest BCUT2D eigenvalue weighted by Gasteiger charge is -2.09. The molecule has 0 aliphatic heterocycles. The first-order valence-corrected chi connectivity index (χ1v) is 7.55. The molecule has 2 nitrogen and oxygen atoms in total. The van der Waals surface area contributed by atoms with Crippen molar-refractivity contribution < 1.29 is 4.74 Å². The maximum absolute atomic E-state index is 5.78. The molecule has 0 heterocycles. The molecule has 0 saturated carbocycles. The van der Waals surface area contributed by atoms with E-state index in [0.29, 0.717) is 6.61 Å². The van der Waals surface area contributed by atoms with E-state index in [2.05, 4.69) is 47.8 Å². The summed E-state index contributed by atoms with van der Waals surface area (Å²) < 4.78 is 8.62. The lowest BCUT2D eigenvalue weighted by Crippen LogP contribution is -1.97. The Balaban J connectivity index is 2.11. The molecule has 0 bridgehead atoms. The molecule has 0 atom stereocenters. The lowest BCUT2D eigenvalue weighted by atomic mass is 10.2. The highest BCUT2D eigenvalue weighted by Crippen LogP contribution is 2.29. The highest BCUT2D eigenvalue weighted by molar-refractivity contribution is 9.11. The first-order valence-electron chi connectivity index (χ1n) is 5.17. The van der Waals surface area contributed by atoms with Gasteiger partial charge in [-0.1, -0.05) is 31.9 Å². The average molecular weight is 436 g/mol. The van der Waals surface area contributed by atoms with E-state index >= 15 is 0 Å². The fourth-order valence-corrected chi connectivity index (χ4v) is 3.23. The van der Waals surface area contributed by atoms with Crippen molar-refractivity contribution in [2.45, 2.75) is 6.61 Å². The Kier molecular flexibility index (Phi) is 4.70. The molecule has 0 amide bonds. The van der Waals surface area contributed by atoms with Crippen molar-refractivity contribution >= 4 is 53.5 Å². The second-order valence-electron chi connectivity index (χ2n) is 3.76. The van der Waals surface area contributed by atoms with Crippen LogP contribution in [0.1, 0.15) is 5.56 Å². The number of hydrogen-bond donors (Lipinski definition) is 1. The van der Waals surface area contributed by atoms with E-state index in [1.807, 2.05) is 36.4 Å². The predicted molar refractivity (Wildman–Crippen MR) is 84.7 cm³/mol. The molecule has 0 spiro atoms. The van der Waals surface area contributed by atoms with Crippen LogP contribution in [0.15, 0.2) is 49.8 Å². The van der Waals surface area contributed by atoms with Crippen LogP contribution in [-0.2, 0) is 6.61 Å². The van der Waals surface area contributed by atoms with Crippen LogP contribution in [0.2, 0.25) is 0 Å². The van der Waals surface area contributed by atoms with Gasteiger partial charge in [0.2, 0.25) is 0 Å². The van der Waals surface area contributed by atoms with E-state index in [1.54, 1.807) is 0 Å². The van der Waals surface area contributed by atoms with Crippen LogP contribution >= 0.6 is 47.8 Å². The summed E-state index contributed by atoms with van der Waals surface area (Å²) in [6, 6.07) is 11.6. The number of nitrogens with two attached hydrogens (primary N) is 1. The molecule has 5 heteroatoms. The zero-order chi connectivity index (χ0) is 13.1. The summed E-state index contributed by atoms with van der Waals surface area (Å²) in [5, 5.41) is 0. The van der Waals surface area contributed by atoms with Gasteiger partial charge in [0, 0.05) is 14.6 Å². The van der Waals surface area contributed by atoms with Gasteiger partial charge in [-0.3, -0.25) is 0 Å².